The van der Waals surface area contributed by atoms with Crippen molar-refractivity contribution in [3.63, 3.8) is 0 Å². The summed E-state index contributed by atoms with van der Waals surface area (Å²) >= 11 is 5.96. The molecule has 0 unspecified atom stereocenters. The Kier molecular flexibility index (Phi) is 6.94. The molecule has 3 aromatic rings. The van der Waals surface area contributed by atoms with E-state index >= 15 is 0 Å². The fourth-order valence-electron chi connectivity index (χ4n) is 3.92. The number of hydrogen-bond donors (Lipinski definition) is 0. The molecule has 0 saturated carbocycles. The highest BCUT2D eigenvalue weighted by atomic mass is 35.5. The molecule has 1 heterocycles. The number of benzene rings is 2. The lowest BCUT2D eigenvalue weighted by Crippen LogP contribution is -2.45. The molecule has 2 aromatic carbocycles. The van der Waals surface area contributed by atoms with Crippen molar-refractivity contribution in [2.45, 2.75) is 39.7 Å². The molecule has 3 rings (SSSR count). The number of carbonyl (C=O) groups excluding carboxylic acids is 1. The van der Waals surface area contributed by atoms with E-state index in [-0.39, 0.29) is 17.4 Å². The third-order valence-electron chi connectivity index (χ3n) is 5.49. The monoisotopic (exact) mass is 420 g/mol. The summed E-state index contributed by atoms with van der Waals surface area (Å²) in [5.41, 5.74) is 3.65. The Hall–Kier alpha value is -2.65. The first-order valence-corrected chi connectivity index (χ1v) is 10.7. The molecule has 0 spiro atoms. The average molecular weight is 421 g/mol. The SMILES string of the molecule is CN(C(=O)c1ccccc1-c1ccccc1)[C@H](CCc1ccc(Cl)cn1)C(C)(C)C. The van der Waals surface area contributed by atoms with Gasteiger partial charge in [-0.05, 0) is 47.6 Å². The van der Waals surface area contributed by atoms with E-state index in [2.05, 4.69) is 25.8 Å². The number of aryl methyl sites for hydroxylation is 1. The van der Waals surface area contributed by atoms with Crippen molar-refractivity contribution in [2.24, 2.45) is 5.41 Å². The van der Waals surface area contributed by atoms with Crippen LogP contribution in [0.3, 0.4) is 0 Å². The smallest absolute Gasteiger partial charge is 0.254 e. The number of hydrogen-bond acceptors (Lipinski definition) is 2. The second-order valence-corrected chi connectivity index (χ2v) is 9.15. The summed E-state index contributed by atoms with van der Waals surface area (Å²) < 4.78 is 0. The largest absolute Gasteiger partial charge is 0.338 e. The fourth-order valence-corrected chi connectivity index (χ4v) is 4.03. The van der Waals surface area contributed by atoms with Crippen molar-refractivity contribution in [3.05, 3.63) is 89.2 Å². The Labute approximate surface area is 184 Å². The van der Waals surface area contributed by atoms with Crippen molar-refractivity contribution in [2.75, 3.05) is 7.05 Å². The molecule has 0 aliphatic rings. The van der Waals surface area contributed by atoms with Gasteiger partial charge in [-0.2, -0.15) is 0 Å². The molecular formula is C26H29ClN2O. The molecular weight excluding hydrogens is 392 g/mol. The van der Waals surface area contributed by atoms with Crippen LogP contribution in [0.2, 0.25) is 5.02 Å². The molecule has 0 bridgehead atoms. The molecule has 0 N–H and O–H groups in total. The number of amides is 1. The molecule has 3 nitrogen and oxygen atoms in total. The summed E-state index contributed by atoms with van der Waals surface area (Å²) in [7, 11) is 1.91. The molecule has 0 radical (unpaired) electrons. The summed E-state index contributed by atoms with van der Waals surface area (Å²) in [5, 5.41) is 0.635. The van der Waals surface area contributed by atoms with Crippen LogP contribution in [0.1, 0.15) is 43.2 Å². The lowest BCUT2D eigenvalue weighted by molar-refractivity contribution is 0.0580. The van der Waals surface area contributed by atoms with Crippen LogP contribution in [0.25, 0.3) is 11.1 Å². The minimum atomic E-state index is -0.0709. The predicted octanol–water partition coefficient (Wildman–Crippen LogP) is 6.52. The summed E-state index contributed by atoms with van der Waals surface area (Å²) in [6, 6.07) is 21.8. The molecule has 0 fully saturated rings. The predicted molar refractivity (Wildman–Crippen MR) is 125 cm³/mol. The summed E-state index contributed by atoms with van der Waals surface area (Å²) in [6.45, 7) is 6.54. The van der Waals surface area contributed by atoms with Crippen LogP contribution in [0.4, 0.5) is 0 Å². The van der Waals surface area contributed by atoms with E-state index in [1.807, 2.05) is 78.7 Å². The van der Waals surface area contributed by atoms with Crippen LogP contribution >= 0.6 is 11.6 Å². The number of pyridine rings is 1. The number of nitrogens with zero attached hydrogens (tertiary/aromatic N) is 2. The third-order valence-corrected chi connectivity index (χ3v) is 5.72. The Balaban J connectivity index is 1.85. The average Bonchev–Trinajstić information content (AvgIpc) is 2.74. The van der Waals surface area contributed by atoms with Crippen LogP contribution in [0.15, 0.2) is 72.9 Å². The van der Waals surface area contributed by atoms with Crippen LogP contribution in [-0.2, 0) is 6.42 Å². The van der Waals surface area contributed by atoms with Crippen LogP contribution in [-0.4, -0.2) is 28.9 Å². The van der Waals surface area contributed by atoms with Gasteiger partial charge in [0.1, 0.15) is 0 Å². The van der Waals surface area contributed by atoms with E-state index in [1.165, 1.54) is 0 Å². The Bertz CT molecular complexity index is 978. The van der Waals surface area contributed by atoms with Crippen molar-refractivity contribution >= 4 is 17.5 Å². The fraction of sp³-hybridized carbons (Fsp3) is 0.308. The first kappa shape index (κ1) is 22.0. The molecule has 0 aliphatic carbocycles. The number of aromatic nitrogens is 1. The topological polar surface area (TPSA) is 33.2 Å². The second-order valence-electron chi connectivity index (χ2n) is 8.72. The van der Waals surface area contributed by atoms with Crippen LogP contribution in [0.5, 0.6) is 0 Å². The summed E-state index contributed by atoms with van der Waals surface area (Å²) in [6.07, 6.45) is 3.29. The quantitative estimate of drug-likeness (QED) is 0.454. The van der Waals surface area contributed by atoms with E-state index in [0.29, 0.717) is 5.02 Å². The normalized spacial score (nSPS) is 12.4. The zero-order valence-corrected chi connectivity index (χ0v) is 18.9. The van der Waals surface area contributed by atoms with Gasteiger partial charge < -0.3 is 4.90 Å². The zero-order valence-electron chi connectivity index (χ0n) is 18.1. The van der Waals surface area contributed by atoms with Crippen molar-refractivity contribution in [1.29, 1.82) is 0 Å². The van der Waals surface area contributed by atoms with Gasteiger partial charge in [-0.25, -0.2) is 0 Å². The van der Waals surface area contributed by atoms with Crippen LogP contribution < -0.4 is 0 Å². The van der Waals surface area contributed by atoms with Crippen molar-refractivity contribution in [1.82, 2.24) is 9.88 Å². The Morgan fingerprint density at radius 2 is 1.67 bits per heavy atom. The van der Waals surface area contributed by atoms with Gasteiger partial charge in [-0.1, -0.05) is 80.9 Å². The van der Waals surface area contributed by atoms with Gasteiger partial charge in [0.2, 0.25) is 0 Å². The minimum absolute atomic E-state index is 0.0402. The molecule has 30 heavy (non-hydrogen) atoms. The molecule has 1 amide bonds. The maximum atomic E-state index is 13.6. The van der Waals surface area contributed by atoms with Crippen molar-refractivity contribution in [3.8, 4) is 11.1 Å². The molecule has 0 aliphatic heterocycles. The maximum Gasteiger partial charge on any atom is 0.254 e. The van der Waals surface area contributed by atoms with Gasteiger partial charge in [0, 0.05) is 30.5 Å². The van der Waals surface area contributed by atoms with Gasteiger partial charge in [0.15, 0.2) is 0 Å². The summed E-state index contributed by atoms with van der Waals surface area (Å²) in [5.74, 6) is 0.0402. The van der Waals surface area contributed by atoms with Gasteiger partial charge in [-0.3, -0.25) is 9.78 Å². The van der Waals surface area contributed by atoms with Crippen molar-refractivity contribution < 1.29 is 4.79 Å². The van der Waals surface area contributed by atoms with E-state index in [9.17, 15) is 4.79 Å². The van der Waals surface area contributed by atoms with Crippen LogP contribution in [0, 0.1) is 5.41 Å². The molecule has 1 atom stereocenters. The molecule has 4 heteroatoms. The van der Waals surface area contributed by atoms with E-state index in [0.717, 1.165) is 35.2 Å². The minimum Gasteiger partial charge on any atom is -0.338 e. The van der Waals surface area contributed by atoms with E-state index in [4.69, 9.17) is 11.6 Å². The third kappa shape index (κ3) is 5.28. The number of carbonyl (C=O) groups is 1. The molecule has 1 aromatic heterocycles. The highest BCUT2D eigenvalue weighted by Crippen LogP contribution is 2.31. The Morgan fingerprint density at radius 1 is 1.00 bits per heavy atom. The highest BCUT2D eigenvalue weighted by Gasteiger charge is 2.32. The summed E-state index contributed by atoms with van der Waals surface area (Å²) in [4.78, 5) is 19.9. The maximum absolute atomic E-state index is 13.6. The Morgan fingerprint density at radius 3 is 2.30 bits per heavy atom. The van der Waals surface area contributed by atoms with Gasteiger partial charge in [0.05, 0.1) is 5.02 Å². The number of halogens is 1. The highest BCUT2D eigenvalue weighted by molar-refractivity contribution is 6.30. The lowest BCUT2D eigenvalue weighted by atomic mass is 9.82. The second kappa shape index (κ2) is 9.44. The zero-order chi connectivity index (χ0) is 21.7. The van der Waals surface area contributed by atoms with Gasteiger partial charge in [0.25, 0.3) is 5.91 Å². The molecule has 0 saturated heterocycles. The van der Waals surface area contributed by atoms with E-state index in [1.54, 1.807) is 6.20 Å². The molecule has 156 valence electrons. The van der Waals surface area contributed by atoms with Gasteiger partial charge >= 0.3 is 0 Å². The lowest BCUT2D eigenvalue weighted by Gasteiger charge is -2.38. The van der Waals surface area contributed by atoms with E-state index < -0.39 is 0 Å². The number of rotatable bonds is 6. The first-order valence-electron chi connectivity index (χ1n) is 10.3. The van der Waals surface area contributed by atoms with Gasteiger partial charge in [-0.15, -0.1) is 0 Å². The standard InChI is InChI=1S/C26H29ClN2O/c1-26(2,3)24(17-16-21-15-14-20(27)18-28-21)29(4)25(30)23-13-9-8-12-22(23)19-10-6-5-7-11-19/h5-15,18,24H,16-17H2,1-4H3/t24-/m1/s1. The first-order chi connectivity index (χ1) is 14.3.